The molecule has 0 aliphatic carbocycles. The van der Waals surface area contributed by atoms with Crippen molar-refractivity contribution in [2.75, 3.05) is 33.7 Å². The molecule has 0 aromatic heterocycles. The van der Waals surface area contributed by atoms with Crippen LogP contribution >= 0.6 is 15.9 Å². The maximum absolute atomic E-state index is 12.4. The first-order chi connectivity index (χ1) is 9.47. The van der Waals surface area contributed by atoms with Gasteiger partial charge in [0.15, 0.2) is 0 Å². The third-order valence-electron chi connectivity index (χ3n) is 3.71. The number of benzene rings is 1. The number of halogens is 1. The zero-order valence-corrected chi connectivity index (χ0v) is 13.6. The van der Waals surface area contributed by atoms with Crippen LogP contribution in [0.2, 0.25) is 0 Å². The number of phenolic OH excluding ortho intramolecular Hbond substituents is 1. The summed E-state index contributed by atoms with van der Waals surface area (Å²) in [6.45, 7) is 2.61. The molecule has 0 unspecified atom stereocenters. The number of nitrogens with zero attached hydrogens (tertiary/aromatic N) is 2. The molecule has 1 saturated heterocycles. The molecule has 1 aliphatic heterocycles. The van der Waals surface area contributed by atoms with Crippen LogP contribution in [0.15, 0.2) is 22.7 Å². The molecular formula is C15H21BrN2O2. The van der Waals surface area contributed by atoms with Crippen LogP contribution in [0.4, 0.5) is 0 Å². The summed E-state index contributed by atoms with van der Waals surface area (Å²) in [4.78, 5) is 16.5. The lowest BCUT2D eigenvalue weighted by Gasteiger charge is -2.33. The molecule has 0 bridgehead atoms. The number of hydrogen-bond acceptors (Lipinski definition) is 3. The molecule has 20 heavy (non-hydrogen) atoms. The van der Waals surface area contributed by atoms with Crippen molar-refractivity contribution in [3.8, 4) is 5.75 Å². The summed E-state index contributed by atoms with van der Waals surface area (Å²) in [5, 5.41) is 9.83. The van der Waals surface area contributed by atoms with Gasteiger partial charge in [0.2, 0.25) is 0 Å². The fraction of sp³-hybridized carbons (Fsp3) is 0.533. The number of rotatable bonds is 3. The van der Waals surface area contributed by atoms with Gasteiger partial charge in [0.25, 0.3) is 5.91 Å². The van der Waals surface area contributed by atoms with E-state index >= 15 is 0 Å². The van der Waals surface area contributed by atoms with Crippen LogP contribution in [-0.2, 0) is 0 Å². The highest BCUT2D eigenvalue weighted by Crippen LogP contribution is 2.25. The summed E-state index contributed by atoms with van der Waals surface area (Å²) < 4.78 is 0.807. The van der Waals surface area contributed by atoms with Gasteiger partial charge < -0.3 is 14.9 Å². The molecule has 0 atom stereocenters. The van der Waals surface area contributed by atoms with Crippen molar-refractivity contribution in [1.82, 2.24) is 9.80 Å². The molecule has 110 valence electrons. The molecule has 1 fully saturated rings. The van der Waals surface area contributed by atoms with Gasteiger partial charge in [-0.3, -0.25) is 4.79 Å². The monoisotopic (exact) mass is 340 g/mol. The lowest BCUT2D eigenvalue weighted by Crippen LogP contribution is -2.40. The average molecular weight is 341 g/mol. The smallest absolute Gasteiger partial charge is 0.257 e. The summed E-state index contributed by atoms with van der Waals surface area (Å²) in [7, 11) is 4.16. The minimum absolute atomic E-state index is 0.0496. The molecule has 0 saturated carbocycles. The molecule has 4 nitrogen and oxygen atoms in total. The molecule has 1 aromatic rings. The summed E-state index contributed by atoms with van der Waals surface area (Å²) in [5.74, 6) is 0.630. The first-order valence-electron chi connectivity index (χ1n) is 6.90. The van der Waals surface area contributed by atoms with Gasteiger partial charge >= 0.3 is 0 Å². The van der Waals surface area contributed by atoms with Crippen LogP contribution in [0.25, 0.3) is 0 Å². The van der Waals surface area contributed by atoms with E-state index in [1.165, 1.54) is 0 Å². The topological polar surface area (TPSA) is 43.8 Å². The number of likely N-dealkylation sites (tertiary alicyclic amines) is 1. The lowest BCUT2D eigenvalue weighted by molar-refractivity contribution is 0.0675. The average Bonchev–Trinajstić information content (AvgIpc) is 2.41. The highest BCUT2D eigenvalue weighted by Gasteiger charge is 2.25. The molecule has 1 heterocycles. The molecular weight excluding hydrogens is 320 g/mol. The van der Waals surface area contributed by atoms with Crippen molar-refractivity contribution in [2.45, 2.75) is 12.8 Å². The van der Waals surface area contributed by atoms with E-state index in [1.54, 1.807) is 18.2 Å². The quantitative estimate of drug-likeness (QED) is 0.919. The van der Waals surface area contributed by atoms with Crippen LogP contribution in [-0.4, -0.2) is 54.5 Å². The van der Waals surface area contributed by atoms with E-state index in [1.807, 2.05) is 4.90 Å². The molecule has 5 heteroatoms. The van der Waals surface area contributed by atoms with Gasteiger partial charge in [-0.1, -0.05) is 15.9 Å². The minimum Gasteiger partial charge on any atom is -0.507 e. The zero-order valence-electron chi connectivity index (χ0n) is 12.0. The van der Waals surface area contributed by atoms with Gasteiger partial charge in [0.05, 0.1) is 5.56 Å². The third kappa shape index (κ3) is 3.73. The number of hydrogen-bond donors (Lipinski definition) is 1. The first-order valence-corrected chi connectivity index (χ1v) is 7.69. The maximum Gasteiger partial charge on any atom is 0.257 e. The minimum atomic E-state index is -0.0768. The van der Waals surface area contributed by atoms with Gasteiger partial charge in [-0.15, -0.1) is 0 Å². The van der Waals surface area contributed by atoms with Crippen LogP contribution in [0.5, 0.6) is 5.75 Å². The zero-order chi connectivity index (χ0) is 14.7. The standard InChI is InChI=1S/C15H21BrN2O2/c1-17(2)10-11-5-7-18(8-6-11)15(20)13-9-12(16)3-4-14(13)19/h3-4,9,11,19H,5-8,10H2,1-2H3. The van der Waals surface area contributed by atoms with Crippen molar-refractivity contribution < 1.29 is 9.90 Å². The number of aromatic hydroxyl groups is 1. The van der Waals surface area contributed by atoms with Crippen molar-refractivity contribution in [2.24, 2.45) is 5.92 Å². The van der Waals surface area contributed by atoms with Crippen LogP contribution in [0, 0.1) is 5.92 Å². The maximum atomic E-state index is 12.4. The van der Waals surface area contributed by atoms with Gasteiger partial charge in [0.1, 0.15) is 5.75 Å². The predicted octanol–water partition coefficient (Wildman–Crippen LogP) is 2.57. The van der Waals surface area contributed by atoms with Gasteiger partial charge in [-0.05, 0) is 51.1 Å². The largest absolute Gasteiger partial charge is 0.507 e. The van der Waals surface area contributed by atoms with Gasteiger partial charge in [-0.25, -0.2) is 0 Å². The Morgan fingerprint density at radius 2 is 2.05 bits per heavy atom. The van der Waals surface area contributed by atoms with Crippen LogP contribution in [0.1, 0.15) is 23.2 Å². The van der Waals surface area contributed by atoms with Crippen molar-refractivity contribution in [3.63, 3.8) is 0 Å². The number of piperidine rings is 1. The van der Waals surface area contributed by atoms with Crippen LogP contribution < -0.4 is 0 Å². The Kier molecular flexibility index (Phi) is 5.05. The van der Waals surface area contributed by atoms with E-state index in [2.05, 4.69) is 34.9 Å². The number of phenols is 1. The summed E-state index contributed by atoms with van der Waals surface area (Å²) >= 11 is 3.34. The fourth-order valence-corrected chi connectivity index (χ4v) is 3.05. The normalized spacial score (nSPS) is 16.7. The van der Waals surface area contributed by atoms with Gasteiger partial charge in [-0.2, -0.15) is 0 Å². The molecule has 2 rings (SSSR count). The number of carbonyl (C=O) groups excluding carboxylic acids is 1. The fourth-order valence-electron chi connectivity index (χ4n) is 2.68. The first kappa shape index (κ1) is 15.3. The van der Waals surface area contributed by atoms with Crippen molar-refractivity contribution in [3.05, 3.63) is 28.2 Å². The molecule has 0 spiro atoms. The Labute approximate surface area is 128 Å². The Morgan fingerprint density at radius 1 is 1.40 bits per heavy atom. The van der Waals surface area contributed by atoms with E-state index in [0.29, 0.717) is 11.5 Å². The Hall–Kier alpha value is -1.07. The SMILES string of the molecule is CN(C)CC1CCN(C(=O)c2cc(Br)ccc2O)CC1. The summed E-state index contributed by atoms with van der Waals surface area (Å²) in [6, 6.07) is 4.97. The van der Waals surface area contributed by atoms with E-state index < -0.39 is 0 Å². The second-order valence-corrected chi connectivity index (χ2v) is 6.57. The summed E-state index contributed by atoms with van der Waals surface area (Å²) in [5.41, 5.74) is 0.380. The number of amides is 1. The molecule has 1 aromatic carbocycles. The second-order valence-electron chi connectivity index (χ2n) is 5.66. The summed E-state index contributed by atoms with van der Waals surface area (Å²) in [6.07, 6.45) is 2.05. The van der Waals surface area contributed by atoms with E-state index in [9.17, 15) is 9.90 Å². The Morgan fingerprint density at radius 3 is 2.65 bits per heavy atom. The Balaban J connectivity index is 2.00. The highest BCUT2D eigenvalue weighted by molar-refractivity contribution is 9.10. The number of carbonyl (C=O) groups is 1. The van der Waals surface area contributed by atoms with E-state index in [-0.39, 0.29) is 11.7 Å². The van der Waals surface area contributed by atoms with Crippen molar-refractivity contribution in [1.29, 1.82) is 0 Å². The van der Waals surface area contributed by atoms with Crippen molar-refractivity contribution >= 4 is 21.8 Å². The van der Waals surface area contributed by atoms with E-state index in [4.69, 9.17) is 0 Å². The predicted molar refractivity (Wildman–Crippen MR) is 83.0 cm³/mol. The Bertz CT molecular complexity index is 483. The lowest BCUT2D eigenvalue weighted by atomic mass is 9.96. The molecule has 1 amide bonds. The second kappa shape index (κ2) is 6.59. The molecule has 1 aliphatic rings. The molecule has 1 N–H and O–H groups in total. The third-order valence-corrected chi connectivity index (χ3v) is 4.21. The highest BCUT2D eigenvalue weighted by atomic mass is 79.9. The van der Waals surface area contributed by atoms with Crippen LogP contribution in [0.3, 0.4) is 0 Å². The molecule has 0 radical (unpaired) electrons. The van der Waals surface area contributed by atoms with E-state index in [0.717, 1.165) is 36.9 Å². The van der Waals surface area contributed by atoms with Gasteiger partial charge in [0, 0.05) is 24.1 Å².